The van der Waals surface area contributed by atoms with Gasteiger partial charge in [0.2, 0.25) is 0 Å². The summed E-state index contributed by atoms with van der Waals surface area (Å²) in [6, 6.07) is 18.0. The van der Waals surface area contributed by atoms with Crippen LogP contribution in [0, 0.1) is 0 Å². The predicted molar refractivity (Wildman–Crippen MR) is 76.3 cm³/mol. The highest BCUT2D eigenvalue weighted by atomic mass is 16.5. The molecule has 0 N–H and O–H groups in total. The SMILES string of the molecule is C[C@@H](CC=O)c1cccc(OCc2ccccc2)c1. The molecular weight excluding hydrogens is 236 g/mol. The van der Waals surface area contributed by atoms with E-state index in [1.54, 1.807) is 0 Å². The second-order valence-corrected chi connectivity index (χ2v) is 4.65. The Morgan fingerprint density at radius 3 is 2.63 bits per heavy atom. The summed E-state index contributed by atoms with van der Waals surface area (Å²) < 4.78 is 5.77. The van der Waals surface area contributed by atoms with E-state index in [0.717, 1.165) is 23.2 Å². The molecule has 2 heteroatoms. The molecule has 0 radical (unpaired) electrons. The maximum absolute atomic E-state index is 10.6. The number of carbonyl (C=O) groups excluding carboxylic acids is 1. The number of ether oxygens (including phenoxy) is 1. The van der Waals surface area contributed by atoms with E-state index in [-0.39, 0.29) is 5.92 Å². The van der Waals surface area contributed by atoms with Gasteiger partial charge in [-0.3, -0.25) is 0 Å². The minimum absolute atomic E-state index is 0.234. The molecule has 0 saturated heterocycles. The van der Waals surface area contributed by atoms with Crippen LogP contribution in [-0.4, -0.2) is 6.29 Å². The van der Waals surface area contributed by atoms with Crippen LogP contribution in [0.15, 0.2) is 54.6 Å². The zero-order valence-corrected chi connectivity index (χ0v) is 11.1. The standard InChI is InChI=1S/C17H18O2/c1-14(10-11-18)16-8-5-9-17(12-16)19-13-15-6-3-2-4-7-15/h2-9,11-12,14H,10,13H2,1H3/t14-/m0/s1. The van der Waals surface area contributed by atoms with Crippen LogP contribution in [0.1, 0.15) is 30.4 Å². The number of carbonyl (C=O) groups is 1. The van der Waals surface area contributed by atoms with Crippen molar-refractivity contribution in [2.45, 2.75) is 25.9 Å². The summed E-state index contributed by atoms with van der Waals surface area (Å²) in [6.07, 6.45) is 1.50. The van der Waals surface area contributed by atoms with Crippen LogP contribution in [0.5, 0.6) is 5.75 Å². The highest BCUT2D eigenvalue weighted by Gasteiger charge is 2.05. The summed E-state index contributed by atoms with van der Waals surface area (Å²) in [4.78, 5) is 10.6. The van der Waals surface area contributed by atoms with Crippen molar-refractivity contribution in [2.75, 3.05) is 0 Å². The van der Waals surface area contributed by atoms with E-state index >= 15 is 0 Å². The third-order valence-electron chi connectivity index (χ3n) is 3.13. The Morgan fingerprint density at radius 2 is 1.89 bits per heavy atom. The smallest absolute Gasteiger partial charge is 0.120 e. The Hall–Kier alpha value is -2.09. The maximum Gasteiger partial charge on any atom is 0.120 e. The van der Waals surface area contributed by atoms with Gasteiger partial charge in [0, 0.05) is 6.42 Å². The number of aldehydes is 1. The van der Waals surface area contributed by atoms with Gasteiger partial charge in [-0.25, -0.2) is 0 Å². The van der Waals surface area contributed by atoms with Gasteiger partial charge in [-0.2, -0.15) is 0 Å². The number of hydrogen-bond donors (Lipinski definition) is 0. The van der Waals surface area contributed by atoms with E-state index in [1.165, 1.54) is 0 Å². The van der Waals surface area contributed by atoms with Crippen LogP contribution in [-0.2, 0) is 11.4 Å². The van der Waals surface area contributed by atoms with Gasteiger partial charge in [0.15, 0.2) is 0 Å². The molecule has 0 amide bonds. The van der Waals surface area contributed by atoms with Crippen LogP contribution in [0.2, 0.25) is 0 Å². The van der Waals surface area contributed by atoms with E-state index in [9.17, 15) is 4.79 Å². The molecule has 0 bridgehead atoms. The molecule has 98 valence electrons. The molecule has 2 rings (SSSR count). The van der Waals surface area contributed by atoms with Gasteiger partial charge >= 0.3 is 0 Å². The quantitative estimate of drug-likeness (QED) is 0.729. The van der Waals surface area contributed by atoms with Crippen LogP contribution < -0.4 is 4.74 Å². The van der Waals surface area contributed by atoms with Gasteiger partial charge in [0.25, 0.3) is 0 Å². The minimum atomic E-state index is 0.234. The number of benzene rings is 2. The Bertz CT molecular complexity index is 520. The molecular formula is C17H18O2. The molecule has 0 heterocycles. The maximum atomic E-state index is 10.6. The van der Waals surface area contributed by atoms with Crippen LogP contribution in [0.25, 0.3) is 0 Å². The zero-order valence-electron chi connectivity index (χ0n) is 11.1. The van der Waals surface area contributed by atoms with E-state index in [1.807, 2.05) is 61.5 Å². The third-order valence-corrected chi connectivity index (χ3v) is 3.13. The van der Waals surface area contributed by atoms with E-state index in [4.69, 9.17) is 4.74 Å². The van der Waals surface area contributed by atoms with Crippen LogP contribution >= 0.6 is 0 Å². The second kappa shape index (κ2) is 6.74. The average Bonchev–Trinajstić information content (AvgIpc) is 2.47. The zero-order chi connectivity index (χ0) is 13.5. The van der Waals surface area contributed by atoms with E-state index in [2.05, 4.69) is 0 Å². The predicted octanol–water partition coefficient (Wildman–Crippen LogP) is 3.96. The summed E-state index contributed by atoms with van der Waals surface area (Å²) >= 11 is 0. The Labute approximate surface area is 114 Å². The lowest BCUT2D eigenvalue weighted by Gasteiger charge is -2.11. The lowest BCUT2D eigenvalue weighted by atomic mass is 9.98. The Morgan fingerprint density at radius 1 is 1.11 bits per heavy atom. The number of hydrogen-bond acceptors (Lipinski definition) is 2. The first-order valence-corrected chi connectivity index (χ1v) is 6.50. The van der Waals surface area contributed by atoms with Crippen molar-refractivity contribution >= 4 is 6.29 Å². The third kappa shape index (κ3) is 3.95. The fourth-order valence-electron chi connectivity index (χ4n) is 1.93. The van der Waals surface area contributed by atoms with Crippen molar-refractivity contribution in [3.05, 3.63) is 65.7 Å². The van der Waals surface area contributed by atoms with Gasteiger partial charge in [-0.15, -0.1) is 0 Å². The van der Waals surface area contributed by atoms with Crippen LogP contribution in [0.4, 0.5) is 0 Å². The molecule has 2 aromatic carbocycles. The highest BCUT2D eigenvalue weighted by molar-refractivity contribution is 5.51. The molecule has 0 saturated carbocycles. The molecule has 0 aliphatic heterocycles. The summed E-state index contributed by atoms with van der Waals surface area (Å²) in [6.45, 7) is 2.61. The van der Waals surface area contributed by atoms with Crippen LogP contribution in [0.3, 0.4) is 0 Å². The normalized spacial score (nSPS) is 11.8. The lowest BCUT2D eigenvalue weighted by molar-refractivity contribution is -0.108. The molecule has 2 aromatic rings. The summed E-state index contributed by atoms with van der Waals surface area (Å²) in [5, 5.41) is 0. The second-order valence-electron chi connectivity index (χ2n) is 4.65. The van der Waals surface area contributed by atoms with E-state index in [0.29, 0.717) is 13.0 Å². The van der Waals surface area contributed by atoms with Crippen molar-refractivity contribution in [3.63, 3.8) is 0 Å². The van der Waals surface area contributed by atoms with Crippen molar-refractivity contribution in [3.8, 4) is 5.75 Å². The molecule has 0 aliphatic carbocycles. The van der Waals surface area contributed by atoms with Crippen molar-refractivity contribution in [2.24, 2.45) is 0 Å². The van der Waals surface area contributed by atoms with Gasteiger partial charge in [-0.05, 0) is 29.2 Å². The highest BCUT2D eigenvalue weighted by Crippen LogP contribution is 2.23. The van der Waals surface area contributed by atoms with Crippen molar-refractivity contribution in [1.82, 2.24) is 0 Å². The first-order chi connectivity index (χ1) is 9.29. The molecule has 0 unspecified atom stereocenters. The Kier molecular flexibility index (Phi) is 4.73. The Balaban J connectivity index is 2.01. The fourth-order valence-corrected chi connectivity index (χ4v) is 1.93. The fraction of sp³-hybridized carbons (Fsp3) is 0.235. The molecule has 0 aliphatic rings. The monoisotopic (exact) mass is 254 g/mol. The first-order valence-electron chi connectivity index (χ1n) is 6.50. The van der Waals surface area contributed by atoms with Crippen molar-refractivity contribution < 1.29 is 9.53 Å². The molecule has 0 aromatic heterocycles. The summed E-state index contributed by atoms with van der Waals surface area (Å²) in [7, 11) is 0. The minimum Gasteiger partial charge on any atom is -0.489 e. The molecule has 0 spiro atoms. The summed E-state index contributed by atoms with van der Waals surface area (Å²) in [5.41, 5.74) is 2.28. The van der Waals surface area contributed by atoms with Gasteiger partial charge in [0.05, 0.1) is 0 Å². The molecule has 0 fully saturated rings. The van der Waals surface area contributed by atoms with Gasteiger partial charge in [-0.1, -0.05) is 49.4 Å². The topological polar surface area (TPSA) is 26.3 Å². The van der Waals surface area contributed by atoms with Crippen molar-refractivity contribution in [1.29, 1.82) is 0 Å². The van der Waals surface area contributed by atoms with Gasteiger partial charge < -0.3 is 9.53 Å². The summed E-state index contributed by atoms with van der Waals surface area (Å²) in [5.74, 6) is 1.08. The lowest BCUT2D eigenvalue weighted by Crippen LogP contribution is -1.98. The largest absolute Gasteiger partial charge is 0.489 e. The molecule has 1 atom stereocenters. The first kappa shape index (κ1) is 13.3. The van der Waals surface area contributed by atoms with E-state index < -0.39 is 0 Å². The number of rotatable bonds is 6. The molecule has 19 heavy (non-hydrogen) atoms. The molecule has 2 nitrogen and oxygen atoms in total. The van der Waals surface area contributed by atoms with Gasteiger partial charge in [0.1, 0.15) is 18.6 Å². The average molecular weight is 254 g/mol.